The van der Waals surface area contributed by atoms with E-state index in [9.17, 15) is 4.79 Å². The molecule has 82 valence electrons. The van der Waals surface area contributed by atoms with Crippen LogP contribution in [-0.4, -0.2) is 24.8 Å². The largest absolute Gasteiger partial charge is 0.493 e. The van der Waals surface area contributed by atoms with Crippen LogP contribution in [0.2, 0.25) is 0 Å². The first-order chi connectivity index (χ1) is 7.22. The number of hydrogen-bond donors (Lipinski definition) is 1. The number of methoxy groups -OCH3 is 1. The summed E-state index contributed by atoms with van der Waals surface area (Å²) in [5.41, 5.74) is 1.07. The normalized spacial score (nSPS) is 9.80. The van der Waals surface area contributed by atoms with E-state index in [1.54, 1.807) is 18.2 Å². The van der Waals surface area contributed by atoms with Gasteiger partial charge in [-0.1, -0.05) is 6.07 Å². The first-order valence-corrected chi connectivity index (χ1v) is 4.67. The van der Waals surface area contributed by atoms with Gasteiger partial charge in [-0.15, -0.1) is 0 Å². The second-order valence-corrected chi connectivity index (χ2v) is 2.91. The third-order valence-electron chi connectivity index (χ3n) is 1.93. The fourth-order valence-electron chi connectivity index (χ4n) is 1.22. The summed E-state index contributed by atoms with van der Waals surface area (Å²) in [4.78, 5) is 11.3. The van der Waals surface area contributed by atoms with Gasteiger partial charge < -0.3 is 14.6 Å². The summed E-state index contributed by atoms with van der Waals surface area (Å²) in [5.74, 6) is -0.00107. The molecule has 1 aromatic rings. The quantitative estimate of drug-likeness (QED) is 0.762. The molecule has 0 aliphatic carbocycles. The lowest BCUT2D eigenvalue weighted by Gasteiger charge is -2.09. The SMILES string of the molecule is CCOc1cc(CO)ccc1C(=O)OC. The van der Waals surface area contributed by atoms with Crippen LogP contribution in [0.5, 0.6) is 5.75 Å². The number of esters is 1. The van der Waals surface area contributed by atoms with Crippen molar-refractivity contribution >= 4 is 5.97 Å². The Morgan fingerprint density at radius 3 is 2.73 bits per heavy atom. The summed E-state index contributed by atoms with van der Waals surface area (Å²) < 4.78 is 9.91. The van der Waals surface area contributed by atoms with Crippen molar-refractivity contribution in [1.29, 1.82) is 0 Å². The molecule has 0 saturated heterocycles. The van der Waals surface area contributed by atoms with Crippen LogP contribution >= 0.6 is 0 Å². The lowest BCUT2D eigenvalue weighted by atomic mass is 10.1. The summed E-state index contributed by atoms with van der Waals surface area (Å²) in [6, 6.07) is 4.88. The third-order valence-corrected chi connectivity index (χ3v) is 1.93. The van der Waals surface area contributed by atoms with Gasteiger partial charge in [0.15, 0.2) is 0 Å². The van der Waals surface area contributed by atoms with Crippen LogP contribution in [0, 0.1) is 0 Å². The molecular weight excluding hydrogens is 196 g/mol. The van der Waals surface area contributed by atoms with Gasteiger partial charge in [0, 0.05) is 0 Å². The van der Waals surface area contributed by atoms with Crippen LogP contribution in [0.1, 0.15) is 22.8 Å². The summed E-state index contributed by atoms with van der Waals surface area (Å²) in [6.45, 7) is 2.20. The molecule has 4 heteroatoms. The average molecular weight is 210 g/mol. The molecule has 0 atom stereocenters. The summed E-state index contributed by atoms with van der Waals surface area (Å²) in [5, 5.41) is 8.95. The number of rotatable bonds is 4. The van der Waals surface area contributed by atoms with E-state index in [1.165, 1.54) is 7.11 Å². The summed E-state index contributed by atoms with van der Waals surface area (Å²) >= 11 is 0. The molecule has 0 heterocycles. The van der Waals surface area contributed by atoms with Gasteiger partial charge in [-0.3, -0.25) is 0 Å². The zero-order chi connectivity index (χ0) is 11.3. The van der Waals surface area contributed by atoms with Crippen molar-refractivity contribution < 1.29 is 19.4 Å². The van der Waals surface area contributed by atoms with Crippen LogP contribution in [0.15, 0.2) is 18.2 Å². The maximum atomic E-state index is 11.3. The lowest BCUT2D eigenvalue weighted by molar-refractivity contribution is 0.0596. The molecule has 0 aromatic heterocycles. The average Bonchev–Trinajstić information content (AvgIpc) is 2.28. The number of carbonyl (C=O) groups is 1. The first kappa shape index (κ1) is 11.5. The Bertz CT molecular complexity index is 346. The lowest BCUT2D eigenvalue weighted by Crippen LogP contribution is -2.06. The first-order valence-electron chi connectivity index (χ1n) is 4.67. The smallest absolute Gasteiger partial charge is 0.341 e. The Kier molecular flexibility index (Phi) is 4.12. The van der Waals surface area contributed by atoms with E-state index in [0.717, 1.165) is 0 Å². The van der Waals surface area contributed by atoms with Gasteiger partial charge in [0.25, 0.3) is 0 Å². The van der Waals surface area contributed by atoms with E-state index in [1.807, 2.05) is 6.92 Å². The molecule has 0 aliphatic heterocycles. The van der Waals surface area contributed by atoms with E-state index in [2.05, 4.69) is 4.74 Å². The Balaban J connectivity index is 3.08. The van der Waals surface area contributed by atoms with Gasteiger partial charge in [-0.2, -0.15) is 0 Å². The molecule has 0 spiro atoms. The molecule has 1 aromatic carbocycles. The van der Waals surface area contributed by atoms with Crippen molar-refractivity contribution in [2.24, 2.45) is 0 Å². The predicted octanol–water partition coefficient (Wildman–Crippen LogP) is 1.36. The number of carbonyl (C=O) groups excluding carboxylic acids is 1. The van der Waals surface area contributed by atoms with Crippen molar-refractivity contribution in [1.82, 2.24) is 0 Å². The highest BCUT2D eigenvalue weighted by Gasteiger charge is 2.12. The molecule has 1 N–H and O–H groups in total. The van der Waals surface area contributed by atoms with Crippen LogP contribution < -0.4 is 4.74 Å². The number of aliphatic hydroxyl groups excluding tert-OH is 1. The molecule has 15 heavy (non-hydrogen) atoms. The van der Waals surface area contributed by atoms with E-state index >= 15 is 0 Å². The second-order valence-electron chi connectivity index (χ2n) is 2.91. The molecule has 0 aliphatic rings. The topological polar surface area (TPSA) is 55.8 Å². The molecular formula is C11H14O4. The molecule has 4 nitrogen and oxygen atoms in total. The maximum absolute atomic E-state index is 11.3. The van der Waals surface area contributed by atoms with Crippen LogP contribution in [0.25, 0.3) is 0 Å². The standard InChI is InChI=1S/C11H14O4/c1-3-15-10-6-8(7-12)4-5-9(10)11(13)14-2/h4-6,12H,3,7H2,1-2H3. The molecule has 0 unspecified atom stereocenters. The fourth-order valence-corrected chi connectivity index (χ4v) is 1.22. The maximum Gasteiger partial charge on any atom is 0.341 e. The Hall–Kier alpha value is -1.55. The van der Waals surface area contributed by atoms with Crippen molar-refractivity contribution in [2.45, 2.75) is 13.5 Å². The van der Waals surface area contributed by atoms with Crippen LogP contribution in [0.3, 0.4) is 0 Å². The highest BCUT2D eigenvalue weighted by molar-refractivity contribution is 5.92. The van der Waals surface area contributed by atoms with E-state index in [0.29, 0.717) is 23.5 Å². The Morgan fingerprint density at radius 2 is 2.20 bits per heavy atom. The van der Waals surface area contributed by atoms with Crippen molar-refractivity contribution in [3.05, 3.63) is 29.3 Å². The number of benzene rings is 1. The van der Waals surface area contributed by atoms with Gasteiger partial charge >= 0.3 is 5.97 Å². The number of aliphatic hydroxyl groups is 1. The van der Waals surface area contributed by atoms with Crippen LogP contribution in [0.4, 0.5) is 0 Å². The van der Waals surface area contributed by atoms with E-state index in [-0.39, 0.29) is 6.61 Å². The zero-order valence-corrected chi connectivity index (χ0v) is 8.82. The summed E-state index contributed by atoms with van der Waals surface area (Å²) in [6.07, 6.45) is 0. The highest BCUT2D eigenvalue weighted by atomic mass is 16.5. The van der Waals surface area contributed by atoms with E-state index in [4.69, 9.17) is 9.84 Å². The fraction of sp³-hybridized carbons (Fsp3) is 0.364. The van der Waals surface area contributed by atoms with E-state index < -0.39 is 5.97 Å². The van der Waals surface area contributed by atoms with Gasteiger partial charge in [0.05, 0.1) is 20.3 Å². The summed E-state index contributed by atoms with van der Waals surface area (Å²) in [7, 11) is 1.32. The van der Waals surface area contributed by atoms with Gasteiger partial charge in [0.2, 0.25) is 0 Å². The minimum absolute atomic E-state index is 0.0818. The number of ether oxygens (including phenoxy) is 2. The monoisotopic (exact) mass is 210 g/mol. The molecule has 0 radical (unpaired) electrons. The van der Waals surface area contributed by atoms with Crippen LogP contribution in [-0.2, 0) is 11.3 Å². The zero-order valence-electron chi connectivity index (χ0n) is 8.82. The minimum atomic E-state index is -0.442. The van der Waals surface area contributed by atoms with Crippen molar-refractivity contribution in [2.75, 3.05) is 13.7 Å². The predicted molar refractivity (Wildman–Crippen MR) is 54.9 cm³/mol. The van der Waals surface area contributed by atoms with Gasteiger partial charge in [-0.25, -0.2) is 4.79 Å². The molecule has 0 amide bonds. The highest BCUT2D eigenvalue weighted by Crippen LogP contribution is 2.21. The van der Waals surface area contributed by atoms with Crippen molar-refractivity contribution in [3.8, 4) is 5.75 Å². The minimum Gasteiger partial charge on any atom is -0.493 e. The number of hydrogen-bond acceptors (Lipinski definition) is 4. The Labute approximate surface area is 88.4 Å². The van der Waals surface area contributed by atoms with Gasteiger partial charge in [0.1, 0.15) is 11.3 Å². The Morgan fingerprint density at radius 1 is 1.47 bits per heavy atom. The second kappa shape index (κ2) is 5.36. The molecule has 0 saturated carbocycles. The molecule has 0 fully saturated rings. The molecule has 0 bridgehead atoms. The van der Waals surface area contributed by atoms with Gasteiger partial charge in [-0.05, 0) is 24.6 Å². The molecule has 1 rings (SSSR count). The van der Waals surface area contributed by atoms with Crippen molar-refractivity contribution in [3.63, 3.8) is 0 Å². The third kappa shape index (κ3) is 2.70.